The van der Waals surface area contributed by atoms with Gasteiger partial charge in [0, 0.05) is 30.8 Å². The van der Waals surface area contributed by atoms with Crippen molar-refractivity contribution in [2.45, 2.75) is 25.7 Å². The van der Waals surface area contributed by atoms with Gasteiger partial charge in [-0.15, -0.1) is 0 Å². The molecule has 1 aromatic carbocycles. The minimum absolute atomic E-state index is 0.0197. The maximum absolute atomic E-state index is 12.9. The molecule has 0 bridgehead atoms. The van der Waals surface area contributed by atoms with Gasteiger partial charge in [-0.2, -0.15) is 4.98 Å². The highest BCUT2D eigenvalue weighted by atomic mass is 16.5. The highest BCUT2D eigenvalue weighted by Crippen LogP contribution is 2.26. The first-order chi connectivity index (χ1) is 12.7. The van der Waals surface area contributed by atoms with E-state index in [0.29, 0.717) is 30.2 Å². The molecular formula is C19H19N5O2. The Morgan fingerprint density at radius 1 is 1.15 bits per heavy atom. The van der Waals surface area contributed by atoms with Crippen LogP contribution in [0.25, 0.3) is 11.4 Å². The predicted molar refractivity (Wildman–Crippen MR) is 94.4 cm³/mol. The number of carbonyl (C=O) groups is 1. The summed E-state index contributed by atoms with van der Waals surface area (Å²) in [6.07, 6.45) is 4.64. The second kappa shape index (κ2) is 7.03. The Morgan fingerprint density at radius 3 is 2.58 bits per heavy atom. The summed E-state index contributed by atoms with van der Waals surface area (Å²) in [4.78, 5) is 27.7. The van der Waals surface area contributed by atoms with Crippen molar-refractivity contribution in [1.82, 2.24) is 25.0 Å². The van der Waals surface area contributed by atoms with E-state index in [0.717, 1.165) is 24.2 Å². The van der Waals surface area contributed by atoms with Gasteiger partial charge in [0.1, 0.15) is 0 Å². The fraction of sp³-hybridized carbons (Fsp3) is 0.316. The Kier molecular flexibility index (Phi) is 4.43. The lowest BCUT2D eigenvalue weighted by Gasteiger charge is -2.30. The van der Waals surface area contributed by atoms with Gasteiger partial charge in [-0.3, -0.25) is 4.79 Å². The van der Waals surface area contributed by atoms with Gasteiger partial charge in [-0.1, -0.05) is 35.5 Å². The molecule has 0 aliphatic carbocycles. The average molecular weight is 349 g/mol. The molecule has 0 saturated carbocycles. The van der Waals surface area contributed by atoms with Gasteiger partial charge < -0.3 is 9.42 Å². The standard InChI is InChI=1S/C19H19N5O2/c1-13-16(11-20-17(22-13)14-5-3-2-4-6-14)19(25)24-9-7-15(8-10-24)18-21-12-26-23-18/h2-6,11-12,15H,7-10H2,1H3. The second-order valence-corrected chi connectivity index (χ2v) is 6.41. The van der Waals surface area contributed by atoms with Crippen LogP contribution in [0.4, 0.5) is 0 Å². The van der Waals surface area contributed by atoms with E-state index in [1.807, 2.05) is 42.2 Å². The zero-order valence-corrected chi connectivity index (χ0v) is 14.5. The third kappa shape index (κ3) is 3.20. The summed E-state index contributed by atoms with van der Waals surface area (Å²) >= 11 is 0. The van der Waals surface area contributed by atoms with Crippen LogP contribution in [0.2, 0.25) is 0 Å². The number of hydrogen-bond acceptors (Lipinski definition) is 6. The number of rotatable bonds is 3. The van der Waals surface area contributed by atoms with E-state index >= 15 is 0 Å². The van der Waals surface area contributed by atoms with Crippen LogP contribution in [0.1, 0.15) is 40.6 Å². The molecule has 0 N–H and O–H groups in total. The maximum atomic E-state index is 12.9. The fourth-order valence-electron chi connectivity index (χ4n) is 3.27. The van der Waals surface area contributed by atoms with Crippen molar-refractivity contribution < 1.29 is 9.32 Å². The summed E-state index contributed by atoms with van der Waals surface area (Å²) in [5, 5.41) is 3.91. The lowest BCUT2D eigenvalue weighted by atomic mass is 9.95. The molecule has 7 nitrogen and oxygen atoms in total. The summed E-state index contributed by atoms with van der Waals surface area (Å²) in [5.74, 6) is 1.59. The highest BCUT2D eigenvalue weighted by Gasteiger charge is 2.27. The molecule has 26 heavy (non-hydrogen) atoms. The first-order valence-corrected chi connectivity index (χ1v) is 8.67. The third-order valence-electron chi connectivity index (χ3n) is 4.77. The molecule has 3 aromatic rings. The van der Waals surface area contributed by atoms with E-state index in [2.05, 4.69) is 20.1 Å². The Balaban J connectivity index is 1.47. The zero-order valence-electron chi connectivity index (χ0n) is 14.5. The van der Waals surface area contributed by atoms with Crippen molar-refractivity contribution in [3.05, 3.63) is 60.0 Å². The smallest absolute Gasteiger partial charge is 0.257 e. The van der Waals surface area contributed by atoms with Crippen LogP contribution < -0.4 is 0 Å². The summed E-state index contributed by atoms with van der Waals surface area (Å²) in [5.41, 5.74) is 2.20. The first kappa shape index (κ1) is 16.4. The lowest BCUT2D eigenvalue weighted by molar-refractivity contribution is 0.0709. The number of piperidine rings is 1. The monoisotopic (exact) mass is 349 g/mol. The van der Waals surface area contributed by atoms with Crippen molar-refractivity contribution in [3.8, 4) is 11.4 Å². The van der Waals surface area contributed by atoms with Crippen molar-refractivity contribution >= 4 is 5.91 Å². The third-order valence-corrected chi connectivity index (χ3v) is 4.77. The predicted octanol–water partition coefficient (Wildman–Crippen LogP) is 2.85. The van der Waals surface area contributed by atoms with E-state index in [4.69, 9.17) is 4.52 Å². The molecule has 132 valence electrons. The summed E-state index contributed by atoms with van der Waals surface area (Å²) < 4.78 is 4.82. The van der Waals surface area contributed by atoms with Crippen molar-refractivity contribution in [3.63, 3.8) is 0 Å². The number of aromatic nitrogens is 4. The highest BCUT2D eigenvalue weighted by molar-refractivity contribution is 5.95. The summed E-state index contributed by atoms with van der Waals surface area (Å²) in [6, 6.07) is 9.76. The Morgan fingerprint density at radius 2 is 1.92 bits per heavy atom. The van der Waals surface area contributed by atoms with Gasteiger partial charge >= 0.3 is 0 Å². The molecule has 1 amide bonds. The van der Waals surface area contributed by atoms with Gasteiger partial charge in [0.15, 0.2) is 11.6 Å². The number of hydrogen-bond donors (Lipinski definition) is 0. The maximum Gasteiger partial charge on any atom is 0.257 e. The van der Waals surface area contributed by atoms with Crippen molar-refractivity contribution in [1.29, 1.82) is 0 Å². The second-order valence-electron chi connectivity index (χ2n) is 6.41. The van der Waals surface area contributed by atoms with Crippen LogP contribution in [-0.2, 0) is 0 Å². The minimum atomic E-state index is -0.0197. The Bertz CT molecular complexity index is 888. The van der Waals surface area contributed by atoms with Gasteiger partial charge in [0.2, 0.25) is 6.39 Å². The molecule has 0 atom stereocenters. The molecule has 0 unspecified atom stereocenters. The molecule has 4 rings (SSSR count). The van der Waals surface area contributed by atoms with Crippen LogP contribution in [0, 0.1) is 6.92 Å². The lowest BCUT2D eigenvalue weighted by Crippen LogP contribution is -2.38. The van der Waals surface area contributed by atoms with Gasteiger partial charge in [0.25, 0.3) is 5.91 Å². The van der Waals surface area contributed by atoms with Crippen molar-refractivity contribution in [2.75, 3.05) is 13.1 Å². The average Bonchev–Trinajstić information content (AvgIpc) is 3.23. The molecule has 2 aromatic heterocycles. The number of likely N-dealkylation sites (tertiary alicyclic amines) is 1. The molecule has 0 radical (unpaired) electrons. The number of carbonyl (C=O) groups excluding carboxylic acids is 1. The molecule has 0 spiro atoms. The van der Waals surface area contributed by atoms with E-state index in [1.165, 1.54) is 6.39 Å². The molecule has 7 heteroatoms. The normalized spacial score (nSPS) is 15.2. The largest absolute Gasteiger partial charge is 0.343 e. The Labute approximate surface area is 151 Å². The van der Waals surface area contributed by atoms with Crippen LogP contribution >= 0.6 is 0 Å². The zero-order chi connectivity index (χ0) is 17.9. The molecule has 1 aliphatic heterocycles. The van der Waals surface area contributed by atoms with Crippen LogP contribution in [-0.4, -0.2) is 44.0 Å². The van der Waals surface area contributed by atoms with Gasteiger partial charge in [-0.05, 0) is 19.8 Å². The SMILES string of the molecule is Cc1nc(-c2ccccc2)ncc1C(=O)N1CCC(c2ncon2)CC1. The summed E-state index contributed by atoms with van der Waals surface area (Å²) in [6.45, 7) is 3.18. The van der Waals surface area contributed by atoms with Gasteiger partial charge in [0.05, 0.1) is 11.3 Å². The molecule has 1 aliphatic rings. The van der Waals surface area contributed by atoms with Crippen molar-refractivity contribution in [2.24, 2.45) is 0 Å². The topological polar surface area (TPSA) is 85.0 Å². The molecule has 3 heterocycles. The quantitative estimate of drug-likeness (QED) is 0.723. The molecular weight excluding hydrogens is 330 g/mol. The Hall–Kier alpha value is -3.09. The first-order valence-electron chi connectivity index (χ1n) is 8.67. The number of amides is 1. The van der Waals surface area contributed by atoms with E-state index in [9.17, 15) is 4.79 Å². The van der Waals surface area contributed by atoms with Crippen LogP contribution in [0.15, 0.2) is 47.4 Å². The number of nitrogens with zero attached hydrogens (tertiary/aromatic N) is 5. The van der Waals surface area contributed by atoms with Crippen LogP contribution in [0.3, 0.4) is 0 Å². The van der Waals surface area contributed by atoms with Gasteiger partial charge in [-0.25, -0.2) is 9.97 Å². The van der Waals surface area contributed by atoms with E-state index in [1.54, 1.807) is 6.20 Å². The minimum Gasteiger partial charge on any atom is -0.343 e. The summed E-state index contributed by atoms with van der Waals surface area (Å²) in [7, 11) is 0. The molecule has 1 saturated heterocycles. The number of benzene rings is 1. The number of aryl methyl sites for hydroxylation is 1. The molecule has 1 fully saturated rings. The van der Waals surface area contributed by atoms with E-state index < -0.39 is 0 Å². The van der Waals surface area contributed by atoms with E-state index in [-0.39, 0.29) is 11.8 Å². The van der Waals surface area contributed by atoms with Crippen LogP contribution in [0.5, 0.6) is 0 Å². The fourth-order valence-corrected chi connectivity index (χ4v) is 3.27.